The van der Waals surface area contributed by atoms with Crippen molar-refractivity contribution in [3.05, 3.63) is 82.4 Å². The minimum Gasteiger partial charge on any atom is -0.439 e. The molecule has 3 N–H and O–H groups in total. The first-order chi connectivity index (χ1) is 12.9. The summed E-state index contributed by atoms with van der Waals surface area (Å²) in [5.74, 6) is -0.279. The lowest BCUT2D eigenvalue weighted by Gasteiger charge is -2.08. The average Bonchev–Trinajstić information content (AvgIpc) is 2.65. The van der Waals surface area contributed by atoms with Gasteiger partial charge in [0, 0.05) is 36.5 Å². The summed E-state index contributed by atoms with van der Waals surface area (Å²) >= 11 is 0. The summed E-state index contributed by atoms with van der Waals surface area (Å²) in [7, 11) is 1.60. The van der Waals surface area contributed by atoms with E-state index in [1.807, 2.05) is 0 Å². The number of nitrogens with one attached hydrogen (secondary N) is 1. The van der Waals surface area contributed by atoms with Crippen LogP contribution in [-0.2, 0) is 7.05 Å². The molecule has 136 valence electrons. The number of ether oxygens (including phenoxy) is 1. The number of nitrogens with zero attached hydrogens (tertiary/aromatic N) is 2. The number of pyridine rings is 2. The Morgan fingerprint density at radius 3 is 2.59 bits per heavy atom. The number of aromatic nitrogens is 2. The van der Waals surface area contributed by atoms with Gasteiger partial charge in [-0.15, -0.1) is 0 Å². The third-order valence-electron chi connectivity index (χ3n) is 3.70. The highest BCUT2D eigenvalue weighted by atomic mass is 16.5. The van der Waals surface area contributed by atoms with Crippen LogP contribution in [0.5, 0.6) is 11.6 Å². The Labute approximate surface area is 154 Å². The fourth-order valence-corrected chi connectivity index (χ4v) is 2.24. The number of benzene rings is 1. The van der Waals surface area contributed by atoms with Gasteiger partial charge in [0.1, 0.15) is 5.75 Å². The second-order valence-electron chi connectivity index (χ2n) is 5.70. The number of nitrogens with two attached hydrogens (primary N) is 1. The molecule has 3 aromatic rings. The van der Waals surface area contributed by atoms with Gasteiger partial charge in [0.05, 0.1) is 11.9 Å². The van der Waals surface area contributed by atoms with Crippen LogP contribution in [0.3, 0.4) is 0 Å². The van der Waals surface area contributed by atoms with Crippen molar-refractivity contribution >= 4 is 17.5 Å². The van der Waals surface area contributed by atoms with Gasteiger partial charge in [0.2, 0.25) is 11.8 Å². The monoisotopic (exact) mass is 364 g/mol. The molecule has 8 nitrogen and oxygen atoms in total. The first-order valence-corrected chi connectivity index (χ1v) is 7.94. The molecular weight excluding hydrogens is 348 g/mol. The van der Waals surface area contributed by atoms with Crippen molar-refractivity contribution in [1.82, 2.24) is 9.55 Å². The van der Waals surface area contributed by atoms with Crippen LogP contribution in [-0.4, -0.2) is 21.4 Å². The maximum atomic E-state index is 12.2. The van der Waals surface area contributed by atoms with Gasteiger partial charge in [-0.05, 0) is 30.3 Å². The zero-order valence-corrected chi connectivity index (χ0v) is 14.4. The molecule has 0 unspecified atom stereocenters. The molecular formula is C19H16N4O4. The number of hydrogen-bond acceptors (Lipinski definition) is 5. The second-order valence-corrected chi connectivity index (χ2v) is 5.70. The molecule has 0 radical (unpaired) electrons. The number of primary amides is 1. The van der Waals surface area contributed by atoms with Crippen LogP contribution in [0.4, 0.5) is 5.69 Å². The van der Waals surface area contributed by atoms with Crippen LogP contribution in [0.2, 0.25) is 0 Å². The van der Waals surface area contributed by atoms with Gasteiger partial charge >= 0.3 is 0 Å². The number of carbonyl (C=O) groups is 2. The molecule has 1 aromatic carbocycles. The largest absolute Gasteiger partial charge is 0.439 e. The summed E-state index contributed by atoms with van der Waals surface area (Å²) in [6, 6.07) is 12.4. The van der Waals surface area contributed by atoms with E-state index in [0.29, 0.717) is 17.0 Å². The molecule has 0 saturated heterocycles. The fraction of sp³-hybridized carbons (Fsp3) is 0.0526. The van der Waals surface area contributed by atoms with E-state index in [9.17, 15) is 14.4 Å². The third kappa shape index (κ3) is 4.37. The highest BCUT2D eigenvalue weighted by molar-refractivity contribution is 6.04. The van der Waals surface area contributed by atoms with Crippen molar-refractivity contribution < 1.29 is 14.3 Å². The van der Waals surface area contributed by atoms with Crippen LogP contribution < -0.4 is 21.3 Å². The van der Waals surface area contributed by atoms with E-state index in [-0.39, 0.29) is 17.0 Å². The van der Waals surface area contributed by atoms with Gasteiger partial charge in [0.25, 0.3) is 11.5 Å². The van der Waals surface area contributed by atoms with Crippen molar-refractivity contribution in [2.75, 3.05) is 5.32 Å². The number of amides is 2. The maximum absolute atomic E-state index is 12.2. The summed E-state index contributed by atoms with van der Waals surface area (Å²) in [5.41, 5.74) is 5.98. The number of aryl methyl sites for hydroxylation is 1. The molecule has 3 rings (SSSR count). The highest BCUT2D eigenvalue weighted by Gasteiger charge is 2.08. The van der Waals surface area contributed by atoms with Gasteiger partial charge in [-0.2, -0.15) is 0 Å². The topological polar surface area (TPSA) is 116 Å². The number of hydrogen-bond donors (Lipinski definition) is 2. The molecule has 8 heteroatoms. The minimum absolute atomic E-state index is 0.252. The molecule has 2 aromatic heterocycles. The lowest BCUT2D eigenvalue weighted by atomic mass is 10.2. The minimum atomic E-state index is -0.554. The zero-order valence-electron chi connectivity index (χ0n) is 14.4. The van der Waals surface area contributed by atoms with Crippen molar-refractivity contribution in [2.24, 2.45) is 12.8 Å². The van der Waals surface area contributed by atoms with E-state index in [1.54, 1.807) is 43.4 Å². The third-order valence-corrected chi connectivity index (χ3v) is 3.70. The van der Waals surface area contributed by atoms with Crippen LogP contribution in [0.1, 0.15) is 20.7 Å². The second kappa shape index (κ2) is 7.52. The van der Waals surface area contributed by atoms with E-state index in [4.69, 9.17) is 10.5 Å². The van der Waals surface area contributed by atoms with Gasteiger partial charge in [-0.1, -0.05) is 6.07 Å². The molecule has 0 fully saturated rings. The molecule has 27 heavy (non-hydrogen) atoms. The Morgan fingerprint density at radius 2 is 1.93 bits per heavy atom. The quantitative estimate of drug-likeness (QED) is 0.717. The summed E-state index contributed by atoms with van der Waals surface area (Å²) in [5, 5.41) is 2.65. The fourth-order valence-electron chi connectivity index (χ4n) is 2.24. The van der Waals surface area contributed by atoms with Gasteiger partial charge in [-0.25, -0.2) is 4.98 Å². The molecule has 0 aliphatic rings. The van der Waals surface area contributed by atoms with Crippen LogP contribution in [0.25, 0.3) is 0 Å². The lowest BCUT2D eigenvalue weighted by Crippen LogP contribution is -2.20. The Bertz CT molecular complexity index is 1060. The molecule has 2 heterocycles. The normalized spacial score (nSPS) is 10.3. The molecule has 2 amide bonds. The highest BCUT2D eigenvalue weighted by Crippen LogP contribution is 2.21. The SMILES string of the molecule is Cn1ccc(C(=O)Nc2ccc(Oc3cccc(C(N)=O)c3)nc2)cc1=O. The Balaban J connectivity index is 1.69. The van der Waals surface area contributed by atoms with Crippen molar-refractivity contribution in [1.29, 1.82) is 0 Å². The summed E-state index contributed by atoms with van der Waals surface area (Å²) in [6.45, 7) is 0. The van der Waals surface area contributed by atoms with E-state index < -0.39 is 11.8 Å². The van der Waals surface area contributed by atoms with E-state index in [0.717, 1.165) is 0 Å². The molecule has 0 bridgehead atoms. The first kappa shape index (κ1) is 17.9. The summed E-state index contributed by atoms with van der Waals surface area (Å²) in [4.78, 5) is 39.1. The van der Waals surface area contributed by atoms with E-state index in [2.05, 4.69) is 10.3 Å². The van der Waals surface area contributed by atoms with Crippen LogP contribution in [0, 0.1) is 0 Å². The van der Waals surface area contributed by atoms with Gasteiger partial charge in [0.15, 0.2) is 0 Å². The predicted molar refractivity (Wildman–Crippen MR) is 98.9 cm³/mol. The molecule has 0 spiro atoms. The van der Waals surface area contributed by atoms with Crippen molar-refractivity contribution in [3.63, 3.8) is 0 Å². The van der Waals surface area contributed by atoms with Crippen LogP contribution >= 0.6 is 0 Å². The number of rotatable bonds is 5. The Kier molecular flexibility index (Phi) is 4.98. The number of anilines is 1. The summed E-state index contributed by atoms with van der Waals surface area (Å²) < 4.78 is 6.94. The molecule has 0 aliphatic heterocycles. The molecule has 0 saturated carbocycles. The molecule has 0 aliphatic carbocycles. The lowest BCUT2D eigenvalue weighted by molar-refractivity contribution is 0.0997. The smallest absolute Gasteiger partial charge is 0.255 e. The van der Waals surface area contributed by atoms with Crippen molar-refractivity contribution in [2.45, 2.75) is 0 Å². The van der Waals surface area contributed by atoms with Crippen LogP contribution in [0.15, 0.2) is 65.7 Å². The standard InChI is InChI=1S/C19H16N4O4/c1-23-8-7-13(10-17(23)24)19(26)22-14-5-6-16(21-11-14)27-15-4-2-3-12(9-15)18(20)25/h2-11H,1H3,(H2,20,25)(H,22,26). The Hall–Kier alpha value is -3.94. The molecule has 0 atom stereocenters. The maximum Gasteiger partial charge on any atom is 0.255 e. The van der Waals surface area contributed by atoms with E-state index in [1.165, 1.54) is 29.1 Å². The van der Waals surface area contributed by atoms with E-state index >= 15 is 0 Å². The van der Waals surface area contributed by atoms with Gasteiger partial charge in [-0.3, -0.25) is 14.4 Å². The van der Waals surface area contributed by atoms with Gasteiger partial charge < -0.3 is 20.4 Å². The number of carbonyl (C=O) groups excluding carboxylic acids is 2. The van der Waals surface area contributed by atoms with Crippen molar-refractivity contribution in [3.8, 4) is 11.6 Å². The first-order valence-electron chi connectivity index (χ1n) is 7.94. The Morgan fingerprint density at radius 1 is 1.11 bits per heavy atom. The zero-order chi connectivity index (χ0) is 19.4. The average molecular weight is 364 g/mol. The summed E-state index contributed by atoms with van der Waals surface area (Å²) in [6.07, 6.45) is 2.94. The predicted octanol–water partition coefficient (Wildman–Crippen LogP) is 1.92.